The summed E-state index contributed by atoms with van der Waals surface area (Å²) in [6.07, 6.45) is 1.82. The van der Waals surface area contributed by atoms with Crippen molar-refractivity contribution in [3.63, 3.8) is 0 Å². The number of halogens is 1. The number of nitrogens with zero attached hydrogens (tertiary/aromatic N) is 3. The molecule has 7 heteroatoms. The van der Waals surface area contributed by atoms with Gasteiger partial charge in [-0.1, -0.05) is 35.9 Å². The van der Waals surface area contributed by atoms with Gasteiger partial charge in [0, 0.05) is 28.3 Å². The fraction of sp³-hybridized carbons (Fsp3) is 0.214. The Morgan fingerprint density at radius 3 is 2.49 bits per heavy atom. The molecule has 2 aromatic heterocycles. The fourth-order valence-corrected chi connectivity index (χ4v) is 5.55. The number of hydrogen-bond donors (Lipinski definition) is 1. The van der Waals surface area contributed by atoms with Crippen molar-refractivity contribution >= 4 is 34.6 Å². The Kier molecular flexibility index (Phi) is 6.26. The van der Waals surface area contributed by atoms with E-state index in [0.29, 0.717) is 10.1 Å². The van der Waals surface area contributed by atoms with Crippen LogP contribution in [0, 0.1) is 20.8 Å². The number of thiocarbonyl (C=S) groups is 1. The number of ether oxygens (including phenoxy) is 1. The Morgan fingerprint density at radius 2 is 1.74 bits per heavy atom. The third-order valence-corrected chi connectivity index (χ3v) is 7.19. The Labute approximate surface area is 216 Å². The number of nitrogens with one attached hydrogen (secondary N) is 1. The predicted molar refractivity (Wildman–Crippen MR) is 146 cm³/mol. The summed E-state index contributed by atoms with van der Waals surface area (Å²) in [7, 11) is 1.68. The number of anilines is 1. The van der Waals surface area contributed by atoms with Crippen molar-refractivity contribution in [1.82, 2.24) is 14.9 Å². The molecule has 1 aliphatic rings. The molecule has 4 aromatic rings. The van der Waals surface area contributed by atoms with E-state index >= 15 is 0 Å². The first kappa shape index (κ1) is 23.4. The van der Waals surface area contributed by atoms with Crippen molar-refractivity contribution in [1.29, 1.82) is 0 Å². The smallest absolute Gasteiger partial charge is 0.174 e. The molecular formula is C28H27ClN4OS. The first-order valence-electron chi connectivity index (χ1n) is 11.5. The topological polar surface area (TPSA) is 42.3 Å². The van der Waals surface area contributed by atoms with E-state index < -0.39 is 0 Å². The number of hydrogen-bond acceptors (Lipinski definition) is 3. The van der Waals surface area contributed by atoms with Gasteiger partial charge < -0.3 is 19.5 Å². The molecule has 178 valence electrons. The molecule has 35 heavy (non-hydrogen) atoms. The monoisotopic (exact) mass is 502 g/mol. The number of methoxy groups -OCH3 is 1. The highest BCUT2D eigenvalue weighted by atomic mass is 35.5. The van der Waals surface area contributed by atoms with Crippen molar-refractivity contribution in [2.24, 2.45) is 0 Å². The zero-order valence-corrected chi connectivity index (χ0v) is 21.7. The largest absolute Gasteiger partial charge is 0.495 e. The standard InChI is InChI=1S/C28H27ClN4OS/c1-17-12-13-20(29)16-24(17)32-18(2)15-21(19(32)3)27-26(22-9-7-8-14-30-22)31-28(35)33(27)23-10-5-6-11-25(23)34-4/h5-16,26-27H,1-4H3,(H,31,35)/t26-,27-/m0/s1. The molecule has 2 aromatic carbocycles. The SMILES string of the molecule is COc1ccccc1N1C(=S)N[C@@H](c2ccccn2)[C@@H]1c1cc(C)n(-c2cc(Cl)ccc2C)c1C. The van der Waals surface area contributed by atoms with Crippen LogP contribution >= 0.6 is 23.8 Å². The maximum atomic E-state index is 6.39. The summed E-state index contributed by atoms with van der Waals surface area (Å²) in [5.41, 5.74) is 7.50. The van der Waals surface area contributed by atoms with E-state index in [9.17, 15) is 0 Å². The van der Waals surface area contributed by atoms with Crippen molar-refractivity contribution < 1.29 is 4.74 Å². The molecule has 1 N–H and O–H groups in total. The van der Waals surface area contributed by atoms with Crippen LogP contribution in [0.2, 0.25) is 5.02 Å². The minimum Gasteiger partial charge on any atom is -0.495 e. The molecule has 1 fully saturated rings. The number of benzene rings is 2. The van der Waals surface area contributed by atoms with Crippen LogP contribution in [-0.4, -0.2) is 21.8 Å². The Balaban J connectivity index is 1.72. The van der Waals surface area contributed by atoms with Crippen LogP contribution in [0.15, 0.2) is 72.9 Å². The van der Waals surface area contributed by atoms with Gasteiger partial charge in [0.05, 0.1) is 30.6 Å². The molecule has 0 aliphatic carbocycles. The van der Waals surface area contributed by atoms with Crippen LogP contribution < -0.4 is 15.0 Å². The van der Waals surface area contributed by atoms with E-state index in [2.05, 4.69) is 52.7 Å². The van der Waals surface area contributed by atoms with Crippen LogP contribution in [0.3, 0.4) is 0 Å². The molecule has 1 aliphatic heterocycles. The summed E-state index contributed by atoms with van der Waals surface area (Å²) >= 11 is 12.3. The molecule has 5 rings (SSSR count). The zero-order valence-electron chi connectivity index (χ0n) is 20.1. The lowest BCUT2D eigenvalue weighted by Crippen LogP contribution is -2.30. The highest BCUT2D eigenvalue weighted by molar-refractivity contribution is 7.80. The summed E-state index contributed by atoms with van der Waals surface area (Å²) in [6.45, 7) is 6.38. The maximum Gasteiger partial charge on any atom is 0.174 e. The molecule has 5 nitrogen and oxygen atoms in total. The van der Waals surface area contributed by atoms with Gasteiger partial charge in [0.25, 0.3) is 0 Å². The second kappa shape index (κ2) is 9.36. The van der Waals surface area contributed by atoms with Crippen LogP contribution in [-0.2, 0) is 0 Å². The van der Waals surface area contributed by atoms with Crippen molar-refractivity contribution in [3.05, 3.63) is 106 Å². The minimum absolute atomic E-state index is 0.131. The van der Waals surface area contributed by atoms with Crippen LogP contribution in [0.1, 0.15) is 40.3 Å². The molecule has 0 amide bonds. The number of rotatable bonds is 5. The second-order valence-electron chi connectivity index (χ2n) is 8.76. The summed E-state index contributed by atoms with van der Waals surface area (Å²) in [5, 5.41) is 4.89. The first-order chi connectivity index (χ1) is 16.9. The van der Waals surface area contributed by atoms with Gasteiger partial charge in [-0.05, 0) is 86.6 Å². The van der Waals surface area contributed by atoms with E-state index in [4.69, 9.17) is 28.6 Å². The van der Waals surface area contributed by atoms with Gasteiger partial charge in [0.2, 0.25) is 0 Å². The van der Waals surface area contributed by atoms with Crippen LogP contribution in [0.5, 0.6) is 5.75 Å². The van der Waals surface area contributed by atoms with E-state index in [0.717, 1.165) is 45.3 Å². The maximum absolute atomic E-state index is 6.39. The Bertz CT molecular complexity index is 1400. The lowest BCUT2D eigenvalue weighted by Gasteiger charge is -2.29. The van der Waals surface area contributed by atoms with Gasteiger partial charge >= 0.3 is 0 Å². The number of pyridine rings is 1. The van der Waals surface area contributed by atoms with Gasteiger partial charge in [-0.2, -0.15) is 0 Å². The molecule has 0 spiro atoms. The first-order valence-corrected chi connectivity index (χ1v) is 12.3. The highest BCUT2D eigenvalue weighted by Gasteiger charge is 2.43. The highest BCUT2D eigenvalue weighted by Crippen LogP contribution is 2.46. The molecule has 3 heterocycles. The minimum atomic E-state index is -0.136. The number of aromatic nitrogens is 2. The number of para-hydroxylation sites is 2. The third-order valence-electron chi connectivity index (χ3n) is 6.64. The molecule has 0 radical (unpaired) electrons. The normalized spacial score (nSPS) is 17.5. The van der Waals surface area contributed by atoms with E-state index in [1.54, 1.807) is 7.11 Å². The van der Waals surface area contributed by atoms with Crippen LogP contribution in [0.25, 0.3) is 5.69 Å². The molecule has 2 atom stereocenters. The molecular weight excluding hydrogens is 476 g/mol. The number of aryl methyl sites for hydroxylation is 2. The average molecular weight is 503 g/mol. The van der Waals surface area contributed by atoms with E-state index in [-0.39, 0.29) is 12.1 Å². The summed E-state index contributed by atoms with van der Waals surface area (Å²) in [6, 6.07) is 21.9. The average Bonchev–Trinajstić information content (AvgIpc) is 3.36. The summed E-state index contributed by atoms with van der Waals surface area (Å²) in [5.74, 6) is 0.766. The van der Waals surface area contributed by atoms with Gasteiger partial charge in [0.1, 0.15) is 5.75 Å². The Morgan fingerprint density at radius 1 is 0.971 bits per heavy atom. The summed E-state index contributed by atoms with van der Waals surface area (Å²) < 4.78 is 8.00. The Hall–Kier alpha value is -3.35. The van der Waals surface area contributed by atoms with Crippen LogP contribution in [0.4, 0.5) is 5.69 Å². The quantitative estimate of drug-likeness (QED) is 0.310. The third kappa shape index (κ3) is 4.07. The molecule has 0 bridgehead atoms. The summed E-state index contributed by atoms with van der Waals surface area (Å²) in [4.78, 5) is 6.84. The van der Waals surface area contributed by atoms with Gasteiger partial charge in [-0.25, -0.2) is 0 Å². The lowest BCUT2D eigenvalue weighted by molar-refractivity contribution is 0.414. The second-order valence-corrected chi connectivity index (χ2v) is 9.58. The van der Waals surface area contributed by atoms with Crippen molar-refractivity contribution in [3.8, 4) is 11.4 Å². The van der Waals surface area contributed by atoms with E-state index in [1.807, 2.05) is 60.8 Å². The molecule has 1 saturated heterocycles. The zero-order chi connectivity index (χ0) is 24.7. The lowest BCUT2D eigenvalue weighted by atomic mass is 9.96. The van der Waals surface area contributed by atoms with Gasteiger partial charge in [0.15, 0.2) is 5.11 Å². The molecule has 0 unspecified atom stereocenters. The van der Waals surface area contributed by atoms with Crippen molar-refractivity contribution in [2.45, 2.75) is 32.9 Å². The van der Waals surface area contributed by atoms with Crippen molar-refractivity contribution in [2.75, 3.05) is 12.0 Å². The molecule has 0 saturated carbocycles. The fourth-order valence-electron chi connectivity index (χ4n) is 5.04. The predicted octanol–water partition coefficient (Wildman–Crippen LogP) is 6.64. The van der Waals surface area contributed by atoms with Gasteiger partial charge in [-0.15, -0.1) is 0 Å². The van der Waals surface area contributed by atoms with Gasteiger partial charge in [-0.3, -0.25) is 4.98 Å². The van der Waals surface area contributed by atoms with E-state index in [1.165, 1.54) is 0 Å².